The highest BCUT2D eigenvalue weighted by Crippen LogP contribution is 2.36. The molecule has 2 aliphatic heterocycles. The van der Waals surface area contributed by atoms with Gasteiger partial charge in [-0.2, -0.15) is 0 Å². The molecule has 2 heterocycles. The van der Waals surface area contributed by atoms with E-state index in [4.69, 9.17) is 9.47 Å². The molecular weight excluding hydrogens is 428 g/mol. The number of amides is 5. The zero-order chi connectivity index (χ0) is 23.6. The monoisotopic (exact) mass is 452 g/mol. The van der Waals surface area contributed by atoms with Crippen molar-refractivity contribution < 1.29 is 28.7 Å². The molecule has 0 radical (unpaired) electrons. The number of carbonyl (C=O) groups excluding carboxylic acids is 4. The molecule has 0 bridgehead atoms. The van der Waals surface area contributed by atoms with Crippen LogP contribution in [0.4, 0.5) is 10.5 Å². The minimum absolute atomic E-state index is 0.249. The van der Waals surface area contributed by atoms with Gasteiger partial charge in [-0.25, -0.2) is 4.79 Å². The molecule has 172 valence electrons. The summed E-state index contributed by atoms with van der Waals surface area (Å²) in [5.74, 6) is -0.262. The minimum Gasteiger partial charge on any atom is -0.490 e. The lowest BCUT2D eigenvalue weighted by Gasteiger charge is -2.23. The van der Waals surface area contributed by atoms with Gasteiger partial charge in [-0.1, -0.05) is 6.07 Å². The van der Waals surface area contributed by atoms with E-state index >= 15 is 0 Å². The van der Waals surface area contributed by atoms with Crippen molar-refractivity contribution in [2.24, 2.45) is 0 Å². The average molecular weight is 452 g/mol. The molecule has 0 aliphatic carbocycles. The van der Waals surface area contributed by atoms with E-state index in [9.17, 15) is 19.2 Å². The summed E-state index contributed by atoms with van der Waals surface area (Å²) in [4.78, 5) is 50.7. The largest absolute Gasteiger partial charge is 0.490 e. The van der Waals surface area contributed by atoms with Crippen molar-refractivity contribution in [2.45, 2.75) is 18.9 Å². The quantitative estimate of drug-likeness (QED) is 0.592. The molecule has 0 aromatic heterocycles. The molecule has 4 rings (SSSR count). The molecular formula is C23H24N4O6. The summed E-state index contributed by atoms with van der Waals surface area (Å²) in [6.45, 7) is 2.16. The highest BCUT2D eigenvalue weighted by molar-refractivity contribution is 6.10. The Labute approximate surface area is 190 Å². The zero-order valence-corrected chi connectivity index (χ0v) is 18.3. The average Bonchev–Trinajstić information content (AvgIpc) is 2.97. The van der Waals surface area contributed by atoms with Crippen molar-refractivity contribution >= 4 is 29.4 Å². The second kappa shape index (κ2) is 8.81. The van der Waals surface area contributed by atoms with Crippen molar-refractivity contribution in [2.75, 3.05) is 32.1 Å². The van der Waals surface area contributed by atoms with E-state index in [-0.39, 0.29) is 5.91 Å². The van der Waals surface area contributed by atoms with Crippen LogP contribution in [0, 0.1) is 0 Å². The normalized spacial score (nSPS) is 19.5. The maximum atomic E-state index is 13.2. The Morgan fingerprint density at radius 2 is 1.76 bits per heavy atom. The van der Waals surface area contributed by atoms with E-state index in [0.29, 0.717) is 41.5 Å². The van der Waals surface area contributed by atoms with Crippen LogP contribution in [0.3, 0.4) is 0 Å². The van der Waals surface area contributed by atoms with Gasteiger partial charge in [0.15, 0.2) is 11.5 Å². The standard InChI is InChI=1S/C23H24N4O6/c1-23(15-6-9-17-18(12-15)33-11-3-10-32-17)21(30)27(22(31)26-23)13-19(28)25-16-7-4-14(5-8-16)20(29)24-2/h4-9,12H,3,10-11,13H2,1-2H3,(H,24,29)(H,25,28)(H,26,31)/t23-/m0/s1. The number of imide groups is 1. The Hall–Kier alpha value is -4.08. The molecule has 3 N–H and O–H groups in total. The Balaban J connectivity index is 1.46. The lowest BCUT2D eigenvalue weighted by molar-refractivity contribution is -0.133. The van der Waals surface area contributed by atoms with Crippen LogP contribution in [0.1, 0.15) is 29.3 Å². The van der Waals surface area contributed by atoms with Crippen LogP contribution in [-0.4, -0.2) is 55.5 Å². The van der Waals surface area contributed by atoms with Gasteiger partial charge in [-0.05, 0) is 48.9 Å². The summed E-state index contributed by atoms with van der Waals surface area (Å²) in [5.41, 5.74) is 0.0516. The Kier molecular flexibility index (Phi) is 5.91. The number of nitrogens with one attached hydrogen (secondary N) is 3. The van der Waals surface area contributed by atoms with Crippen molar-refractivity contribution in [3.8, 4) is 11.5 Å². The van der Waals surface area contributed by atoms with Gasteiger partial charge in [-0.15, -0.1) is 0 Å². The fourth-order valence-corrected chi connectivity index (χ4v) is 3.70. The topological polar surface area (TPSA) is 126 Å². The summed E-state index contributed by atoms with van der Waals surface area (Å²) < 4.78 is 11.3. The molecule has 33 heavy (non-hydrogen) atoms. The summed E-state index contributed by atoms with van der Waals surface area (Å²) in [7, 11) is 1.52. The molecule has 0 saturated carbocycles. The number of fused-ring (bicyclic) bond motifs is 1. The van der Waals surface area contributed by atoms with Gasteiger partial charge in [0.1, 0.15) is 12.1 Å². The van der Waals surface area contributed by atoms with Crippen molar-refractivity contribution in [1.29, 1.82) is 0 Å². The number of urea groups is 1. The van der Waals surface area contributed by atoms with Crippen molar-refractivity contribution in [1.82, 2.24) is 15.5 Å². The predicted molar refractivity (Wildman–Crippen MR) is 118 cm³/mol. The molecule has 2 aromatic rings. The molecule has 10 heteroatoms. The highest BCUT2D eigenvalue weighted by atomic mass is 16.5. The summed E-state index contributed by atoms with van der Waals surface area (Å²) in [6, 6.07) is 10.7. The van der Waals surface area contributed by atoms with Gasteiger partial charge in [0.05, 0.1) is 13.2 Å². The number of anilines is 1. The van der Waals surface area contributed by atoms with Crippen molar-refractivity contribution in [3.05, 3.63) is 53.6 Å². The van der Waals surface area contributed by atoms with Crippen LogP contribution < -0.4 is 25.4 Å². The number of benzene rings is 2. The minimum atomic E-state index is -1.35. The lowest BCUT2D eigenvalue weighted by atomic mass is 9.91. The van der Waals surface area contributed by atoms with E-state index in [0.717, 1.165) is 11.3 Å². The van der Waals surface area contributed by atoms with E-state index in [1.165, 1.54) is 7.05 Å². The summed E-state index contributed by atoms with van der Waals surface area (Å²) >= 11 is 0. The molecule has 1 fully saturated rings. The molecule has 2 aromatic carbocycles. The number of carbonyl (C=O) groups is 4. The van der Waals surface area contributed by atoms with E-state index in [1.54, 1.807) is 49.4 Å². The van der Waals surface area contributed by atoms with Crippen LogP contribution in [0.5, 0.6) is 11.5 Å². The third-order valence-corrected chi connectivity index (χ3v) is 5.56. The summed E-state index contributed by atoms with van der Waals surface area (Å²) in [6.07, 6.45) is 0.744. The first-order valence-electron chi connectivity index (χ1n) is 10.5. The van der Waals surface area contributed by atoms with Gasteiger partial charge in [0, 0.05) is 24.7 Å². The van der Waals surface area contributed by atoms with Crippen LogP contribution in [-0.2, 0) is 15.1 Å². The van der Waals surface area contributed by atoms with E-state index < -0.39 is 29.9 Å². The smallest absolute Gasteiger partial charge is 0.325 e. The van der Waals surface area contributed by atoms with Gasteiger partial charge in [-0.3, -0.25) is 19.3 Å². The second-order valence-corrected chi connectivity index (χ2v) is 7.86. The fraction of sp³-hybridized carbons (Fsp3) is 0.304. The van der Waals surface area contributed by atoms with Crippen LogP contribution in [0.2, 0.25) is 0 Å². The van der Waals surface area contributed by atoms with E-state index in [2.05, 4.69) is 16.0 Å². The van der Waals surface area contributed by atoms with Crippen LogP contribution in [0.15, 0.2) is 42.5 Å². The SMILES string of the molecule is CNC(=O)c1ccc(NC(=O)CN2C(=O)N[C@@](C)(c3ccc4c(c3)OCCCO4)C2=O)cc1. The number of rotatable bonds is 5. The molecule has 0 unspecified atom stereocenters. The number of hydrogen-bond donors (Lipinski definition) is 3. The van der Waals surface area contributed by atoms with Crippen molar-refractivity contribution in [3.63, 3.8) is 0 Å². The zero-order valence-electron chi connectivity index (χ0n) is 18.3. The Morgan fingerprint density at radius 3 is 2.45 bits per heavy atom. The maximum Gasteiger partial charge on any atom is 0.325 e. The van der Waals surface area contributed by atoms with Crippen LogP contribution in [0.25, 0.3) is 0 Å². The van der Waals surface area contributed by atoms with Gasteiger partial charge >= 0.3 is 6.03 Å². The van der Waals surface area contributed by atoms with E-state index in [1.807, 2.05) is 0 Å². The summed E-state index contributed by atoms with van der Waals surface area (Å²) in [5, 5.41) is 7.82. The molecule has 5 amide bonds. The molecule has 0 spiro atoms. The first-order valence-corrected chi connectivity index (χ1v) is 10.5. The Bertz CT molecular complexity index is 1120. The molecule has 2 aliphatic rings. The van der Waals surface area contributed by atoms with Gasteiger partial charge < -0.3 is 25.4 Å². The van der Waals surface area contributed by atoms with Crippen LogP contribution >= 0.6 is 0 Å². The first kappa shape index (κ1) is 22.1. The number of hydrogen-bond acceptors (Lipinski definition) is 6. The predicted octanol–water partition coefficient (Wildman–Crippen LogP) is 1.61. The lowest BCUT2D eigenvalue weighted by Crippen LogP contribution is -2.42. The highest BCUT2D eigenvalue weighted by Gasteiger charge is 2.49. The van der Waals surface area contributed by atoms with Gasteiger partial charge in [0.25, 0.3) is 11.8 Å². The third-order valence-electron chi connectivity index (χ3n) is 5.56. The molecule has 1 saturated heterocycles. The molecule has 1 atom stereocenters. The number of ether oxygens (including phenoxy) is 2. The molecule has 10 nitrogen and oxygen atoms in total. The Morgan fingerprint density at radius 1 is 1.06 bits per heavy atom. The maximum absolute atomic E-state index is 13.2. The van der Waals surface area contributed by atoms with Gasteiger partial charge in [0.2, 0.25) is 5.91 Å². The third kappa shape index (κ3) is 4.32. The first-order chi connectivity index (χ1) is 15.8. The number of nitrogens with zero attached hydrogens (tertiary/aromatic N) is 1. The second-order valence-electron chi connectivity index (χ2n) is 7.86. The fourth-order valence-electron chi connectivity index (χ4n) is 3.70.